The van der Waals surface area contributed by atoms with Crippen molar-refractivity contribution in [2.24, 2.45) is 0 Å². The van der Waals surface area contributed by atoms with Crippen LogP contribution in [0.1, 0.15) is 0 Å². The van der Waals surface area contributed by atoms with E-state index in [-0.39, 0.29) is 0 Å². The average molecular weight is 702 g/mol. The lowest BCUT2D eigenvalue weighted by Gasteiger charge is -2.32. The largest absolute Gasteiger partial charge is 0.438 e. The summed E-state index contributed by atoms with van der Waals surface area (Å²) in [6, 6.07) is 53.6. The molecule has 11 aromatic rings. The van der Waals surface area contributed by atoms with E-state index in [1.807, 2.05) is 17.4 Å². The van der Waals surface area contributed by atoms with E-state index in [0.29, 0.717) is 11.7 Å². The third kappa shape index (κ3) is 4.04. The van der Waals surface area contributed by atoms with Crippen LogP contribution >= 0.6 is 11.3 Å². The topological polar surface area (TPSA) is 69.6 Å². The average Bonchev–Trinajstić information content (AvgIpc) is 3.89. The van der Waals surface area contributed by atoms with E-state index in [0.717, 1.165) is 48.4 Å². The van der Waals surface area contributed by atoms with Crippen LogP contribution in [0.3, 0.4) is 0 Å². The van der Waals surface area contributed by atoms with Crippen LogP contribution in [-0.2, 0) is 0 Å². The molecule has 0 saturated heterocycles. The number of thiophene rings is 1. The van der Waals surface area contributed by atoms with Gasteiger partial charge in [-0.05, 0) is 46.8 Å². The number of aromatic nitrogens is 5. The Hall–Kier alpha value is -6.48. The lowest BCUT2D eigenvalue weighted by Crippen LogP contribution is -2.76. The number of para-hydroxylation sites is 2. The van der Waals surface area contributed by atoms with Crippen molar-refractivity contribution in [2.75, 3.05) is 0 Å². The molecule has 0 N–H and O–H groups in total. The lowest BCUT2D eigenvalue weighted by molar-refractivity contribution is 0.656. The van der Waals surface area contributed by atoms with Crippen LogP contribution in [0.2, 0.25) is 0 Å². The van der Waals surface area contributed by atoms with Gasteiger partial charge in [-0.2, -0.15) is 0 Å². The summed E-state index contributed by atoms with van der Waals surface area (Å²) in [7, 11) is -3.27. The Labute approximate surface area is 302 Å². The van der Waals surface area contributed by atoms with E-state index in [1.54, 1.807) is 12.5 Å². The summed E-state index contributed by atoms with van der Waals surface area (Å²) in [6.07, 6.45) is 3.46. The molecule has 0 aliphatic carbocycles. The van der Waals surface area contributed by atoms with Gasteiger partial charge in [-0.1, -0.05) is 115 Å². The Morgan fingerprint density at radius 1 is 0.519 bits per heavy atom. The Kier molecular flexibility index (Phi) is 6.34. The minimum Gasteiger partial charge on any atom is -0.438 e. The van der Waals surface area contributed by atoms with E-state index < -0.39 is 8.07 Å². The fourth-order valence-corrected chi connectivity index (χ4v) is 13.8. The number of furan rings is 1. The quantitative estimate of drug-likeness (QED) is 0.134. The van der Waals surface area contributed by atoms with Gasteiger partial charge in [0.15, 0.2) is 0 Å². The first-order valence-electron chi connectivity index (χ1n) is 17.2. The minimum absolute atomic E-state index is 0.581. The maximum atomic E-state index is 6.69. The molecular formula is C44H27N5OSSi. The summed E-state index contributed by atoms with van der Waals surface area (Å²) in [5.41, 5.74) is 4.26. The molecule has 0 aliphatic rings. The summed E-state index contributed by atoms with van der Waals surface area (Å²) in [6.45, 7) is 0. The molecule has 6 aromatic carbocycles. The van der Waals surface area contributed by atoms with Gasteiger partial charge in [0, 0.05) is 53.1 Å². The molecule has 5 aromatic heterocycles. The Bertz CT molecular complexity index is 3110. The second-order valence-corrected chi connectivity index (χ2v) is 17.7. The highest BCUT2D eigenvalue weighted by atomic mass is 32.1. The first-order chi connectivity index (χ1) is 25.8. The maximum Gasteiger partial charge on any atom is 0.237 e. The Balaban J connectivity index is 1.26. The molecule has 5 heterocycles. The number of hydrogen-bond acceptors (Lipinski definition) is 6. The number of rotatable bonds is 5. The summed E-state index contributed by atoms with van der Waals surface area (Å²) in [5.74, 6) is 0.581. The number of nitrogens with zero attached hydrogens (tertiary/aromatic N) is 5. The summed E-state index contributed by atoms with van der Waals surface area (Å²) < 4.78 is 11.4. The van der Waals surface area contributed by atoms with E-state index in [2.05, 4.69) is 155 Å². The molecule has 0 fully saturated rings. The highest BCUT2D eigenvalue weighted by Gasteiger charge is 2.47. The van der Waals surface area contributed by atoms with E-state index in [9.17, 15) is 0 Å². The highest BCUT2D eigenvalue weighted by molar-refractivity contribution is 7.26. The highest BCUT2D eigenvalue weighted by Crippen LogP contribution is 2.42. The van der Waals surface area contributed by atoms with Crippen LogP contribution in [0, 0.1) is 0 Å². The predicted molar refractivity (Wildman–Crippen MR) is 216 cm³/mol. The van der Waals surface area contributed by atoms with Crippen LogP contribution in [0.4, 0.5) is 0 Å². The number of benzene rings is 6. The molecule has 0 radical (unpaired) electrons. The van der Waals surface area contributed by atoms with Crippen molar-refractivity contribution in [3.05, 3.63) is 164 Å². The first kappa shape index (κ1) is 29.3. The lowest BCUT2D eigenvalue weighted by atomic mass is 10.1. The smallest absolute Gasteiger partial charge is 0.237 e. The van der Waals surface area contributed by atoms with Crippen molar-refractivity contribution in [1.82, 2.24) is 24.5 Å². The maximum absolute atomic E-state index is 6.69. The molecule has 0 spiro atoms. The van der Waals surface area contributed by atoms with E-state index >= 15 is 0 Å². The van der Waals surface area contributed by atoms with E-state index in [4.69, 9.17) is 19.4 Å². The van der Waals surface area contributed by atoms with Crippen LogP contribution < -0.4 is 21.0 Å². The van der Waals surface area contributed by atoms with E-state index in [1.165, 1.54) is 30.9 Å². The molecule has 6 nitrogen and oxygen atoms in total. The fraction of sp³-hybridized carbons (Fsp3) is 0. The van der Waals surface area contributed by atoms with Gasteiger partial charge >= 0.3 is 0 Å². The van der Waals surface area contributed by atoms with Crippen LogP contribution in [0.15, 0.2) is 169 Å². The summed E-state index contributed by atoms with van der Waals surface area (Å²) in [5, 5.41) is 10.3. The zero-order chi connectivity index (χ0) is 34.2. The van der Waals surface area contributed by atoms with Gasteiger partial charge in [-0.15, -0.1) is 11.3 Å². The summed E-state index contributed by atoms with van der Waals surface area (Å²) >= 11 is 1.83. The van der Waals surface area contributed by atoms with Crippen LogP contribution in [0.25, 0.3) is 70.0 Å². The normalized spacial score (nSPS) is 12.2. The fourth-order valence-electron chi connectivity index (χ4n) is 8.23. The number of fused-ring (bicyclic) bond motifs is 10. The van der Waals surface area contributed by atoms with Gasteiger partial charge in [0.2, 0.25) is 19.7 Å². The van der Waals surface area contributed by atoms with Gasteiger partial charge in [0.1, 0.15) is 17.4 Å². The molecule has 52 heavy (non-hydrogen) atoms. The molecule has 0 amide bonds. The third-order valence-electron chi connectivity index (χ3n) is 10.4. The molecule has 0 unspecified atom stereocenters. The van der Waals surface area contributed by atoms with Gasteiger partial charge in [0.05, 0.1) is 11.0 Å². The molecule has 8 heteroatoms. The third-order valence-corrected chi connectivity index (χ3v) is 16.0. The summed E-state index contributed by atoms with van der Waals surface area (Å²) in [4.78, 5) is 20.2. The van der Waals surface area contributed by atoms with Crippen molar-refractivity contribution in [1.29, 1.82) is 0 Å². The molecule has 244 valence electrons. The van der Waals surface area contributed by atoms with Crippen molar-refractivity contribution >= 4 is 104 Å². The van der Waals surface area contributed by atoms with Crippen molar-refractivity contribution in [3.8, 4) is 5.95 Å². The van der Waals surface area contributed by atoms with Gasteiger partial charge in [-0.25, -0.2) is 19.9 Å². The molecule has 11 rings (SSSR count). The molecule has 0 aliphatic heterocycles. The van der Waals surface area contributed by atoms with Crippen LogP contribution in [0.5, 0.6) is 0 Å². The van der Waals surface area contributed by atoms with Crippen molar-refractivity contribution in [3.63, 3.8) is 0 Å². The minimum atomic E-state index is -3.27. The van der Waals surface area contributed by atoms with Gasteiger partial charge in [-0.3, -0.25) is 4.57 Å². The second-order valence-electron chi connectivity index (χ2n) is 13.0. The SMILES string of the molecule is c1ccc([Si](c2ccccc2)(c2ncnc(-n3c4ccccc4c4c5c(ccc43)sc3ccccc35)n2)c2cccc3c2oc2ncccc23)cc1. The van der Waals surface area contributed by atoms with Crippen molar-refractivity contribution in [2.45, 2.75) is 0 Å². The second kappa shape index (κ2) is 11.3. The standard InChI is InChI=1S/C44H27N5OSSi/c1-3-13-28(14-4-1)52(29-15-5-2-6-16-29,38-23-11-19-30-31-20-12-26-45-42(31)50-41(30)38)44-47-27-46-43(48-44)49-34-21-9-7-17-32(34)39-35(49)24-25-37-40(39)33-18-8-10-22-36(33)51-37/h1-27H. The Morgan fingerprint density at radius 2 is 1.23 bits per heavy atom. The molecular weight excluding hydrogens is 675 g/mol. The predicted octanol–water partition coefficient (Wildman–Crippen LogP) is 8.01. The van der Waals surface area contributed by atoms with Gasteiger partial charge in [0.25, 0.3) is 0 Å². The monoisotopic (exact) mass is 701 g/mol. The van der Waals surface area contributed by atoms with Crippen molar-refractivity contribution < 1.29 is 4.42 Å². The zero-order valence-corrected chi connectivity index (χ0v) is 29.5. The Morgan fingerprint density at radius 3 is 2.06 bits per heavy atom. The molecule has 0 atom stereocenters. The molecule has 0 saturated carbocycles. The molecule has 0 bridgehead atoms. The van der Waals surface area contributed by atoms with Crippen LogP contribution in [-0.4, -0.2) is 32.6 Å². The zero-order valence-electron chi connectivity index (χ0n) is 27.6. The first-order valence-corrected chi connectivity index (χ1v) is 20.0. The van der Waals surface area contributed by atoms with Gasteiger partial charge < -0.3 is 4.42 Å². The number of hydrogen-bond donors (Lipinski definition) is 0. The number of pyridine rings is 1.